The topological polar surface area (TPSA) is 41.6 Å². The number of ether oxygens (including phenoxy) is 1. The van der Waals surface area contributed by atoms with Crippen LogP contribution in [0.2, 0.25) is 0 Å². The molecule has 1 fully saturated rings. The van der Waals surface area contributed by atoms with Crippen molar-refractivity contribution in [1.82, 2.24) is 10.2 Å². The van der Waals surface area contributed by atoms with Crippen LogP contribution in [0.25, 0.3) is 0 Å². The zero-order valence-corrected chi connectivity index (χ0v) is 14.6. The zero-order chi connectivity index (χ0) is 15.1. The van der Waals surface area contributed by atoms with Crippen LogP contribution in [0.1, 0.15) is 6.42 Å². The highest BCUT2D eigenvalue weighted by Gasteiger charge is 2.18. The molecular weight excluding hydrogens is 352 g/mol. The van der Waals surface area contributed by atoms with E-state index in [4.69, 9.17) is 4.74 Å². The molecule has 0 saturated carbocycles. The smallest absolute Gasteiger partial charge is 0.224 e. The predicted molar refractivity (Wildman–Crippen MR) is 91.0 cm³/mol. The van der Waals surface area contributed by atoms with Crippen LogP contribution in [0.4, 0.5) is 0 Å². The van der Waals surface area contributed by atoms with Crippen LogP contribution in [-0.4, -0.2) is 55.1 Å². The van der Waals surface area contributed by atoms with Crippen molar-refractivity contribution in [3.63, 3.8) is 0 Å². The summed E-state index contributed by atoms with van der Waals surface area (Å²) in [6, 6.07) is 8.02. The molecule has 1 aromatic rings. The largest absolute Gasteiger partial charge is 0.492 e. The van der Waals surface area contributed by atoms with Crippen molar-refractivity contribution in [2.45, 2.75) is 12.5 Å². The Morgan fingerprint density at radius 1 is 1.48 bits per heavy atom. The number of thioether (sulfide) groups is 1. The Hall–Kier alpha value is -0.720. The minimum atomic E-state index is 0.175. The van der Waals surface area contributed by atoms with Gasteiger partial charge in [-0.05, 0) is 24.3 Å². The molecule has 0 spiro atoms. The number of benzene rings is 1. The molecule has 1 heterocycles. The molecule has 1 aliphatic rings. The lowest BCUT2D eigenvalue weighted by Gasteiger charge is -2.25. The van der Waals surface area contributed by atoms with E-state index in [-0.39, 0.29) is 5.91 Å². The van der Waals surface area contributed by atoms with Crippen molar-refractivity contribution in [1.29, 1.82) is 0 Å². The van der Waals surface area contributed by atoms with E-state index in [2.05, 4.69) is 21.2 Å². The summed E-state index contributed by atoms with van der Waals surface area (Å²) in [6.07, 6.45) is 0.571. The van der Waals surface area contributed by atoms with Gasteiger partial charge in [-0.1, -0.05) is 15.9 Å². The van der Waals surface area contributed by atoms with Gasteiger partial charge in [0.15, 0.2) is 0 Å². The summed E-state index contributed by atoms with van der Waals surface area (Å²) in [5.74, 6) is 3.16. The second kappa shape index (κ2) is 8.66. The molecule has 21 heavy (non-hydrogen) atoms. The second-order valence-electron chi connectivity index (χ2n) is 5.05. The third-order valence-electron chi connectivity index (χ3n) is 3.35. The maximum absolute atomic E-state index is 12.1. The van der Waals surface area contributed by atoms with E-state index in [0.717, 1.165) is 28.3 Å². The number of carbonyl (C=O) groups excluding carboxylic acids is 1. The molecule has 1 atom stereocenters. The maximum Gasteiger partial charge on any atom is 0.224 e. The molecule has 0 radical (unpaired) electrons. The van der Waals surface area contributed by atoms with Gasteiger partial charge in [-0.2, -0.15) is 11.8 Å². The molecule has 1 unspecified atom stereocenters. The van der Waals surface area contributed by atoms with Gasteiger partial charge >= 0.3 is 0 Å². The average molecular weight is 373 g/mol. The van der Waals surface area contributed by atoms with E-state index in [1.807, 2.05) is 43.1 Å². The highest BCUT2D eigenvalue weighted by Crippen LogP contribution is 2.16. The molecule has 1 aromatic carbocycles. The highest BCUT2D eigenvalue weighted by atomic mass is 79.9. The first-order chi connectivity index (χ1) is 10.1. The number of hydrogen-bond donors (Lipinski definition) is 1. The number of rotatable bonds is 6. The van der Waals surface area contributed by atoms with E-state index in [9.17, 15) is 4.79 Å². The average Bonchev–Trinajstić information content (AvgIpc) is 2.50. The Labute approximate surface area is 138 Å². The maximum atomic E-state index is 12.1. The van der Waals surface area contributed by atoms with Gasteiger partial charge in [0, 0.05) is 42.0 Å². The van der Waals surface area contributed by atoms with Crippen LogP contribution in [-0.2, 0) is 4.79 Å². The summed E-state index contributed by atoms with van der Waals surface area (Å²) in [5.41, 5.74) is 0. The Bertz CT molecular complexity index is 449. The van der Waals surface area contributed by atoms with E-state index in [1.54, 1.807) is 4.90 Å². The van der Waals surface area contributed by atoms with Crippen molar-refractivity contribution in [2.24, 2.45) is 0 Å². The number of hydrogen-bond acceptors (Lipinski definition) is 4. The van der Waals surface area contributed by atoms with Gasteiger partial charge in [-0.3, -0.25) is 4.79 Å². The predicted octanol–water partition coefficient (Wildman–Crippen LogP) is 2.38. The molecule has 0 bridgehead atoms. The van der Waals surface area contributed by atoms with Gasteiger partial charge in [0.2, 0.25) is 5.91 Å². The van der Waals surface area contributed by atoms with Crippen LogP contribution < -0.4 is 10.1 Å². The van der Waals surface area contributed by atoms with Crippen LogP contribution in [0.3, 0.4) is 0 Å². The summed E-state index contributed by atoms with van der Waals surface area (Å²) in [5, 5.41) is 3.39. The molecule has 1 saturated heterocycles. The Balaban J connectivity index is 1.67. The van der Waals surface area contributed by atoms with Crippen LogP contribution in [0.15, 0.2) is 28.7 Å². The number of amides is 1. The first-order valence-electron chi connectivity index (χ1n) is 7.08. The lowest BCUT2D eigenvalue weighted by Crippen LogP contribution is -2.42. The fraction of sp³-hybridized carbons (Fsp3) is 0.533. The zero-order valence-electron chi connectivity index (χ0n) is 12.2. The van der Waals surface area contributed by atoms with Gasteiger partial charge in [-0.25, -0.2) is 0 Å². The minimum Gasteiger partial charge on any atom is -0.492 e. The Kier molecular flexibility index (Phi) is 6.86. The van der Waals surface area contributed by atoms with Crippen molar-refractivity contribution in [3.05, 3.63) is 28.7 Å². The van der Waals surface area contributed by atoms with Gasteiger partial charge < -0.3 is 15.0 Å². The molecule has 0 aromatic heterocycles. The summed E-state index contributed by atoms with van der Waals surface area (Å²) >= 11 is 5.30. The molecule has 1 amide bonds. The SMILES string of the molecule is CN(CCOc1ccc(Br)cc1)C(=O)CC1CSCCN1. The van der Waals surface area contributed by atoms with Gasteiger partial charge in [-0.15, -0.1) is 0 Å². The normalized spacial score (nSPS) is 18.3. The summed E-state index contributed by atoms with van der Waals surface area (Å²) in [7, 11) is 1.84. The number of nitrogens with zero attached hydrogens (tertiary/aromatic N) is 1. The van der Waals surface area contributed by atoms with E-state index in [0.29, 0.717) is 25.6 Å². The van der Waals surface area contributed by atoms with Gasteiger partial charge in [0.25, 0.3) is 0 Å². The van der Waals surface area contributed by atoms with Crippen molar-refractivity contribution < 1.29 is 9.53 Å². The lowest BCUT2D eigenvalue weighted by molar-refractivity contribution is -0.130. The summed E-state index contributed by atoms with van der Waals surface area (Å²) in [4.78, 5) is 13.9. The molecule has 6 heteroatoms. The third-order valence-corrected chi connectivity index (χ3v) is 5.01. The van der Waals surface area contributed by atoms with E-state index in [1.165, 1.54) is 0 Å². The molecular formula is C15H21BrN2O2S. The monoisotopic (exact) mass is 372 g/mol. The molecule has 0 aliphatic carbocycles. The summed E-state index contributed by atoms with van der Waals surface area (Å²) in [6.45, 7) is 2.12. The first kappa shape index (κ1) is 16.6. The van der Waals surface area contributed by atoms with Crippen LogP contribution in [0, 0.1) is 0 Å². The number of halogens is 1. The fourth-order valence-electron chi connectivity index (χ4n) is 2.07. The van der Waals surface area contributed by atoms with Crippen LogP contribution >= 0.6 is 27.7 Å². The molecule has 2 rings (SSSR count). The third kappa shape index (κ3) is 5.88. The van der Waals surface area contributed by atoms with Crippen LogP contribution in [0.5, 0.6) is 5.75 Å². The van der Waals surface area contributed by atoms with E-state index < -0.39 is 0 Å². The van der Waals surface area contributed by atoms with Crippen molar-refractivity contribution >= 4 is 33.6 Å². The Morgan fingerprint density at radius 2 is 2.24 bits per heavy atom. The van der Waals surface area contributed by atoms with Crippen molar-refractivity contribution in [3.8, 4) is 5.75 Å². The van der Waals surface area contributed by atoms with Gasteiger partial charge in [0.1, 0.15) is 12.4 Å². The molecule has 4 nitrogen and oxygen atoms in total. The van der Waals surface area contributed by atoms with E-state index >= 15 is 0 Å². The quantitative estimate of drug-likeness (QED) is 0.832. The number of nitrogens with one attached hydrogen (secondary N) is 1. The number of likely N-dealkylation sites (N-methyl/N-ethyl adjacent to an activating group) is 1. The first-order valence-corrected chi connectivity index (χ1v) is 9.03. The molecule has 1 aliphatic heterocycles. The van der Waals surface area contributed by atoms with Crippen molar-refractivity contribution in [2.75, 3.05) is 38.2 Å². The summed E-state index contributed by atoms with van der Waals surface area (Å²) < 4.78 is 6.67. The Morgan fingerprint density at radius 3 is 2.90 bits per heavy atom. The highest BCUT2D eigenvalue weighted by molar-refractivity contribution is 9.10. The minimum absolute atomic E-state index is 0.175. The number of carbonyl (C=O) groups is 1. The second-order valence-corrected chi connectivity index (χ2v) is 7.11. The fourth-order valence-corrected chi connectivity index (χ4v) is 3.29. The lowest BCUT2D eigenvalue weighted by atomic mass is 10.2. The standard InChI is InChI=1S/C15H21BrN2O2S/c1-18(15(19)10-13-11-21-9-6-17-13)7-8-20-14-4-2-12(16)3-5-14/h2-5,13,17H,6-11H2,1H3. The molecule has 116 valence electrons. The van der Waals surface area contributed by atoms with Gasteiger partial charge in [0.05, 0.1) is 6.54 Å². The molecule has 1 N–H and O–H groups in total.